The zero-order valence-electron chi connectivity index (χ0n) is 12.7. The summed E-state index contributed by atoms with van der Waals surface area (Å²) in [7, 11) is 0. The molecule has 0 atom stereocenters. The molecular weight excluding hydrogens is 264 g/mol. The first kappa shape index (κ1) is 15.3. The van der Waals surface area contributed by atoms with Gasteiger partial charge in [-0.25, -0.2) is 9.97 Å². The maximum Gasteiger partial charge on any atom is 0.134 e. The molecule has 0 bridgehead atoms. The van der Waals surface area contributed by atoms with E-state index in [1.807, 2.05) is 12.1 Å². The fraction of sp³-hybridized carbons (Fsp3) is 0.375. The molecule has 0 fully saturated rings. The van der Waals surface area contributed by atoms with Crippen LogP contribution in [0.15, 0.2) is 30.5 Å². The lowest BCUT2D eigenvalue weighted by Gasteiger charge is -2.19. The quantitative estimate of drug-likeness (QED) is 0.804. The number of hydrogen-bond donors (Lipinski definition) is 3. The molecule has 2 aromatic rings. The summed E-state index contributed by atoms with van der Waals surface area (Å²) in [6, 6.07) is 7.00. The summed E-state index contributed by atoms with van der Waals surface area (Å²) < 4.78 is 0. The highest BCUT2D eigenvalue weighted by atomic mass is 16.3. The minimum atomic E-state index is -0.127. The third-order valence-corrected chi connectivity index (χ3v) is 3.06. The Balaban J connectivity index is 2.49. The Labute approximate surface area is 125 Å². The average Bonchev–Trinajstić information content (AvgIpc) is 2.45. The molecular formula is C16H22N4O. The molecule has 0 aliphatic rings. The summed E-state index contributed by atoms with van der Waals surface area (Å²) in [5.74, 6) is 1.02. The molecule has 1 heterocycles. The Morgan fingerprint density at radius 3 is 2.43 bits per heavy atom. The van der Waals surface area contributed by atoms with Crippen LogP contribution in [0.2, 0.25) is 0 Å². The lowest BCUT2D eigenvalue weighted by molar-refractivity contribution is 0.475. The van der Waals surface area contributed by atoms with Gasteiger partial charge in [0.2, 0.25) is 0 Å². The van der Waals surface area contributed by atoms with Gasteiger partial charge in [-0.05, 0) is 24.3 Å². The van der Waals surface area contributed by atoms with Crippen molar-refractivity contribution in [3.05, 3.63) is 36.3 Å². The number of hydrogen-bond acceptors (Lipinski definition) is 5. The van der Waals surface area contributed by atoms with Crippen LogP contribution in [0.3, 0.4) is 0 Å². The van der Waals surface area contributed by atoms with Crippen LogP contribution in [-0.4, -0.2) is 28.2 Å². The smallest absolute Gasteiger partial charge is 0.134 e. The van der Waals surface area contributed by atoms with Gasteiger partial charge >= 0.3 is 0 Å². The van der Waals surface area contributed by atoms with E-state index in [4.69, 9.17) is 10.7 Å². The van der Waals surface area contributed by atoms with E-state index in [9.17, 15) is 5.11 Å². The fourth-order valence-electron chi connectivity index (χ4n) is 1.92. The number of benzene rings is 1. The number of nitrogens with zero attached hydrogens (tertiary/aromatic N) is 2. The molecule has 2 rings (SSSR count). The minimum Gasteiger partial charge on any atom is -0.508 e. The lowest BCUT2D eigenvalue weighted by atomic mass is 9.95. The van der Waals surface area contributed by atoms with E-state index >= 15 is 0 Å². The first-order chi connectivity index (χ1) is 9.91. The van der Waals surface area contributed by atoms with Crippen molar-refractivity contribution in [1.82, 2.24) is 9.97 Å². The van der Waals surface area contributed by atoms with E-state index in [-0.39, 0.29) is 11.2 Å². The predicted molar refractivity (Wildman–Crippen MR) is 85.4 cm³/mol. The summed E-state index contributed by atoms with van der Waals surface area (Å²) in [5.41, 5.74) is 8.02. The molecule has 1 aromatic carbocycles. The summed E-state index contributed by atoms with van der Waals surface area (Å²) in [5, 5.41) is 12.7. The molecule has 0 aliphatic carbocycles. The normalized spacial score (nSPS) is 11.4. The standard InChI is InChI=1S/C16H22N4O/c1-16(2,3)15-19-10-13(18-9-8-17)14(20-15)11-4-6-12(21)7-5-11/h4-7,10,18,21H,8-9,17H2,1-3H3. The molecule has 112 valence electrons. The van der Waals surface area contributed by atoms with Gasteiger partial charge < -0.3 is 16.2 Å². The first-order valence-electron chi connectivity index (χ1n) is 7.02. The van der Waals surface area contributed by atoms with E-state index in [1.165, 1.54) is 0 Å². The maximum atomic E-state index is 9.43. The van der Waals surface area contributed by atoms with Gasteiger partial charge in [0, 0.05) is 24.1 Å². The van der Waals surface area contributed by atoms with Crippen LogP contribution in [0.1, 0.15) is 26.6 Å². The second kappa shape index (κ2) is 6.10. The highest BCUT2D eigenvalue weighted by Crippen LogP contribution is 2.29. The highest BCUT2D eigenvalue weighted by Gasteiger charge is 2.19. The zero-order chi connectivity index (χ0) is 15.5. The topological polar surface area (TPSA) is 84.1 Å². The van der Waals surface area contributed by atoms with Gasteiger partial charge in [-0.1, -0.05) is 20.8 Å². The zero-order valence-corrected chi connectivity index (χ0v) is 12.7. The van der Waals surface area contributed by atoms with Crippen molar-refractivity contribution in [3.63, 3.8) is 0 Å². The van der Waals surface area contributed by atoms with Crippen molar-refractivity contribution in [2.24, 2.45) is 5.73 Å². The molecule has 5 nitrogen and oxygen atoms in total. The Morgan fingerprint density at radius 1 is 1.19 bits per heavy atom. The Kier molecular flexibility index (Phi) is 4.43. The van der Waals surface area contributed by atoms with Crippen molar-refractivity contribution in [2.75, 3.05) is 18.4 Å². The lowest BCUT2D eigenvalue weighted by Crippen LogP contribution is -2.18. The van der Waals surface area contributed by atoms with Crippen LogP contribution in [-0.2, 0) is 5.41 Å². The third-order valence-electron chi connectivity index (χ3n) is 3.06. The van der Waals surface area contributed by atoms with Crippen LogP contribution >= 0.6 is 0 Å². The molecule has 0 radical (unpaired) electrons. The number of nitrogens with two attached hydrogens (primary N) is 1. The van der Waals surface area contributed by atoms with E-state index in [0.717, 1.165) is 22.8 Å². The molecule has 0 unspecified atom stereocenters. The van der Waals surface area contributed by atoms with Crippen LogP contribution in [0.25, 0.3) is 11.3 Å². The van der Waals surface area contributed by atoms with Crippen molar-refractivity contribution >= 4 is 5.69 Å². The van der Waals surface area contributed by atoms with E-state index in [2.05, 4.69) is 31.1 Å². The molecule has 4 N–H and O–H groups in total. The van der Waals surface area contributed by atoms with E-state index < -0.39 is 0 Å². The second-order valence-corrected chi connectivity index (χ2v) is 5.97. The van der Waals surface area contributed by atoms with E-state index in [0.29, 0.717) is 13.1 Å². The molecule has 0 spiro atoms. The van der Waals surface area contributed by atoms with Crippen LogP contribution < -0.4 is 11.1 Å². The number of rotatable bonds is 4. The van der Waals surface area contributed by atoms with Crippen molar-refractivity contribution in [3.8, 4) is 17.0 Å². The number of nitrogens with one attached hydrogen (secondary N) is 1. The SMILES string of the molecule is CC(C)(C)c1ncc(NCCN)c(-c2ccc(O)cc2)n1. The van der Waals surface area contributed by atoms with Gasteiger partial charge in [0.15, 0.2) is 0 Å². The maximum absolute atomic E-state index is 9.43. The second-order valence-electron chi connectivity index (χ2n) is 5.97. The summed E-state index contributed by atoms with van der Waals surface area (Å²) in [4.78, 5) is 9.14. The molecule has 5 heteroatoms. The average molecular weight is 286 g/mol. The molecule has 0 saturated heterocycles. The number of anilines is 1. The Morgan fingerprint density at radius 2 is 1.86 bits per heavy atom. The fourth-order valence-corrected chi connectivity index (χ4v) is 1.92. The van der Waals surface area contributed by atoms with Crippen LogP contribution in [0.5, 0.6) is 5.75 Å². The summed E-state index contributed by atoms with van der Waals surface area (Å²) in [6.45, 7) is 7.43. The van der Waals surface area contributed by atoms with Gasteiger partial charge in [-0.3, -0.25) is 0 Å². The number of phenolic OH excluding ortho intramolecular Hbond substituents is 1. The van der Waals surface area contributed by atoms with Crippen LogP contribution in [0, 0.1) is 0 Å². The summed E-state index contributed by atoms with van der Waals surface area (Å²) >= 11 is 0. The van der Waals surface area contributed by atoms with Gasteiger partial charge in [-0.15, -0.1) is 0 Å². The molecule has 0 aliphatic heterocycles. The largest absolute Gasteiger partial charge is 0.508 e. The number of aromatic nitrogens is 2. The number of aromatic hydroxyl groups is 1. The monoisotopic (exact) mass is 286 g/mol. The van der Waals surface area contributed by atoms with Gasteiger partial charge in [0.1, 0.15) is 11.6 Å². The van der Waals surface area contributed by atoms with Crippen molar-refractivity contribution in [2.45, 2.75) is 26.2 Å². The summed E-state index contributed by atoms with van der Waals surface area (Å²) in [6.07, 6.45) is 1.80. The van der Waals surface area contributed by atoms with Gasteiger partial charge in [0.25, 0.3) is 0 Å². The molecule has 21 heavy (non-hydrogen) atoms. The Bertz CT molecular complexity index is 603. The van der Waals surface area contributed by atoms with Crippen LogP contribution in [0.4, 0.5) is 5.69 Å². The van der Waals surface area contributed by atoms with E-state index in [1.54, 1.807) is 18.3 Å². The van der Waals surface area contributed by atoms with Crippen molar-refractivity contribution < 1.29 is 5.11 Å². The first-order valence-corrected chi connectivity index (χ1v) is 7.02. The molecule has 1 aromatic heterocycles. The van der Waals surface area contributed by atoms with Crippen molar-refractivity contribution in [1.29, 1.82) is 0 Å². The number of phenols is 1. The van der Waals surface area contributed by atoms with Gasteiger partial charge in [0.05, 0.1) is 17.6 Å². The minimum absolute atomic E-state index is 0.127. The third kappa shape index (κ3) is 3.70. The highest BCUT2D eigenvalue weighted by molar-refractivity contribution is 5.74. The predicted octanol–water partition coefficient (Wildman–Crippen LogP) is 2.52. The Hall–Kier alpha value is -2.14. The molecule has 0 saturated carbocycles. The van der Waals surface area contributed by atoms with Gasteiger partial charge in [-0.2, -0.15) is 0 Å². The molecule has 0 amide bonds.